The Labute approximate surface area is 136 Å². The van der Waals surface area contributed by atoms with E-state index < -0.39 is 0 Å². The third-order valence-electron chi connectivity index (χ3n) is 4.09. The van der Waals surface area contributed by atoms with Crippen molar-refractivity contribution in [1.29, 1.82) is 0 Å². The van der Waals surface area contributed by atoms with E-state index in [1.807, 2.05) is 19.1 Å². The fraction of sp³-hybridized carbons (Fsp3) is 0.188. The summed E-state index contributed by atoms with van der Waals surface area (Å²) in [7, 11) is 0. The van der Waals surface area contributed by atoms with Gasteiger partial charge in [-0.2, -0.15) is 14.9 Å². The first-order chi connectivity index (χ1) is 11.6. The van der Waals surface area contributed by atoms with E-state index in [9.17, 15) is 9.59 Å². The lowest BCUT2D eigenvalue weighted by Crippen LogP contribution is -2.25. The van der Waals surface area contributed by atoms with E-state index in [2.05, 4.69) is 25.6 Å². The second-order valence-corrected chi connectivity index (χ2v) is 5.62. The maximum Gasteiger partial charge on any atom is 0.264 e. The van der Waals surface area contributed by atoms with Crippen molar-refractivity contribution in [3.05, 3.63) is 63.8 Å². The van der Waals surface area contributed by atoms with Gasteiger partial charge < -0.3 is 5.32 Å². The number of aryl methyl sites for hydroxylation is 1. The van der Waals surface area contributed by atoms with Crippen LogP contribution in [0.25, 0.3) is 5.82 Å². The molecule has 4 heterocycles. The quantitative estimate of drug-likeness (QED) is 0.736. The smallest absolute Gasteiger partial charge is 0.264 e. The van der Waals surface area contributed by atoms with Crippen molar-refractivity contribution in [3.8, 4) is 5.82 Å². The number of carbonyl (C=O) groups excluding carboxylic acids is 1. The molecule has 0 saturated heterocycles. The Morgan fingerprint density at radius 2 is 1.96 bits per heavy atom. The lowest BCUT2D eigenvalue weighted by Gasteiger charge is -2.24. The van der Waals surface area contributed by atoms with Crippen molar-refractivity contribution in [2.24, 2.45) is 0 Å². The molecule has 8 nitrogen and oxygen atoms in total. The van der Waals surface area contributed by atoms with Crippen LogP contribution in [0.2, 0.25) is 0 Å². The van der Waals surface area contributed by atoms with Crippen molar-refractivity contribution >= 4 is 11.7 Å². The first-order valence-corrected chi connectivity index (χ1v) is 7.49. The molecule has 8 heteroatoms. The van der Waals surface area contributed by atoms with Gasteiger partial charge in [-0.05, 0) is 30.7 Å². The lowest BCUT2D eigenvalue weighted by atomic mass is 9.86. The van der Waals surface area contributed by atoms with Gasteiger partial charge in [0.2, 0.25) is 5.91 Å². The first-order valence-electron chi connectivity index (χ1n) is 7.49. The zero-order valence-electron chi connectivity index (χ0n) is 12.9. The van der Waals surface area contributed by atoms with E-state index in [1.54, 1.807) is 23.1 Å². The van der Waals surface area contributed by atoms with Crippen LogP contribution in [0.5, 0.6) is 0 Å². The third-order valence-corrected chi connectivity index (χ3v) is 4.09. The maximum atomic E-state index is 12.2. The number of anilines is 1. The van der Waals surface area contributed by atoms with Crippen molar-refractivity contribution in [2.75, 3.05) is 5.32 Å². The van der Waals surface area contributed by atoms with Crippen LogP contribution < -0.4 is 10.9 Å². The highest BCUT2D eigenvalue weighted by Crippen LogP contribution is 2.39. The fourth-order valence-corrected chi connectivity index (χ4v) is 3.05. The van der Waals surface area contributed by atoms with Gasteiger partial charge in [0.05, 0.1) is 5.69 Å². The Hall–Kier alpha value is -3.29. The molecule has 120 valence electrons. The van der Waals surface area contributed by atoms with Gasteiger partial charge in [0.25, 0.3) is 5.56 Å². The number of H-pyrrole nitrogens is 1. The Bertz CT molecular complexity index is 955. The standard InChI is InChI=1S/C16H14N6O2/c1-9-15-11(10-4-6-17-7-5-10)8-14(24)18-16(15)22(21-9)12-2-3-13(23)20-19-12/h2-7,11H,8H2,1H3,(H,18,24)(H,20,23)/t11-/m1/s1. The molecule has 0 aliphatic carbocycles. The van der Waals surface area contributed by atoms with Crippen molar-refractivity contribution in [3.63, 3.8) is 0 Å². The van der Waals surface area contributed by atoms with E-state index >= 15 is 0 Å². The summed E-state index contributed by atoms with van der Waals surface area (Å²) in [6.07, 6.45) is 3.78. The largest absolute Gasteiger partial charge is 0.310 e. The van der Waals surface area contributed by atoms with Gasteiger partial charge in [0, 0.05) is 36.4 Å². The SMILES string of the molecule is Cc1nn(-c2ccc(=O)[nH]n2)c2c1[C@@H](c1ccncc1)CC(=O)N2. The molecular formula is C16H14N6O2. The second-order valence-electron chi connectivity index (χ2n) is 5.62. The number of amides is 1. The minimum atomic E-state index is -0.296. The normalized spacial score (nSPS) is 16.5. The number of hydrogen-bond donors (Lipinski definition) is 2. The molecule has 0 radical (unpaired) electrons. The summed E-state index contributed by atoms with van der Waals surface area (Å²) < 4.78 is 1.55. The highest BCUT2D eigenvalue weighted by Gasteiger charge is 2.32. The van der Waals surface area contributed by atoms with Crippen LogP contribution in [0.4, 0.5) is 5.82 Å². The Kier molecular flexibility index (Phi) is 3.23. The summed E-state index contributed by atoms with van der Waals surface area (Å²) in [5.74, 6) is 0.850. The zero-order valence-corrected chi connectivity index (χ0v) is 12.9. The van der Waals surface area contributed by atoms with Gasteiger partial charge in [0.1, 0.15) is 5.82 Å². The predicted molar refractivity (Wildman–Crippen MR) is 86.0 cm³/mol. The molecule has 0 fully saturated rings. The van der Waals surface area contributed by atoms with Gasteiger partial charge >= 0.3 is 0 Å². The van der Waals surface area contributed by atoms with Gasteiger partial charge in [-0.15, -0.1) is 0 Å². The van der Waals surface area contributed by atoms with Crippen LogP contribution in [-0.4, -0.2) is 30.9 Å². The minimum Gasteiger partial charge on any atom is -0.310 e. The van der Waals surface area contributed by atoms with Gasteiger partial charge in [-0.1, -0.05) is 0 Å². The van der Waals surface area contributed by atoms with Crippen molar-refractivity contribution < 1.29 is 4.79 Å². The van der Waals surface area contributed by atoms with E-state index in [0.717, 1.165) is 16.8 Å². The number of aromatic nitrogens is 5. The average molecular weight is 322 g/mol. The summed E-state index contributed by atoms with van der Waals surface area (Å²) in [6, 6.07) is 6.74. The molecule has 0 aromatic carbocycles. The highest BCUT2D eigenvalue weighted by atomic mass is 16.1. The van der Waals surface area contributed by atoms with Crippen LogP contribution in [0.1, 0.15) is 29.2 Å². The zero-order chi connectivity index (χ0) is 16.7. The van der Waals surface area contributed by atoms with Gasteiger partial charge in [-0.3, -0.25) is 14.6 Å². The van der Waals surface area contributed by atoms with Crippen molar-refractivity contribution in [1.82, 2.24) is 25.0 Å². The summed E-state index contributed by atoms with van der Waals surface area (Å²) in [5.41, 5.74) is 2.47. The maximum absolute atomic E-state index is 12.2. The number of nitrogens with one attached hydrogen (secondary N) is 2. The molecule has 3 aromatic heterocycles. The number of pyridine rings is 1. The molecule has 24 heavy (non-hydrogen) atoms. The molecule has 0 bridgehead atoms. The molecule has 1 aliphatic rings. The fourth-order valence-electron chi connectivity index (χ4n) is 3.05. The average Bonchev–Trinajstić information content (AvgIpc) is 2.92. The summed E-state index contributed by atoms with van der Waals surface area (Å²) >= 11 is 0. The number of aromatic amines is 1. The lowest BCUT2D eigenvalue weighted by molar-refractivity contribution is -0.116. The monoisotopic (exact) mass is 322 g/mol. The van der Waals surface area contributed by atoms with Gasteiger partial charge in [0.15, 0.2) is 5.82 Å². The number of nitrogens with zero attached hydrogens (tertiary/aromatic N) is 4. The van der Waals surface area contributed by atoms with Gasteiger partial charge in [-0.25, -0.2) is 5.10 Å². The first kappa shape index (κ1) is 14.3. The molecule has 1 atom stereocenters. The van der Waals surface area contributed by atoms with E-state index in [4.69, 9.17) is 0 Å². The van der Waals surface area contributed by atoms with E-state index in [0.29, 0.717) is 18.1 Å². The second kappa shape index (κ2) is 5.41. The molecule has 0 spiro atoms. The third kappa shape index (κ3) is 2.28. The topological polar surface area (TPSA) is 106 Å². The van der Waals surface area contributed by atoms with Crippen LogP contribution in [0.15, 0.2) is 41.5 Å². The molecule has 4 rings (SSSR count). The van der Waals surface area contributed by atoms with E-state index in [1.165, 1.54) is 6.07 Å². The summed E-state index contributed by atoms with van der Waals surface area (Å²) in [6.45, 7) is 1.90. The summed E-state index contributed by atoms with van der Waals surface area (Å²) in [5, 5.41) is 13.8. The molecule has 1 aliphatic heterocycles. The highest BCUT2D eigenvalue weighted by molar-refractivity contribution is 5.95. The number of carbonyl (C=O) groups is 1. The number of fused-ring (bicyclic) bond motifs is 1. The molecule has 1 amide bonds. The molecule has 0 saturated carbocycles. The summed E-state index contributed by atoms with van der Waals surface area (Å²) in [4.78, 5) is 27.5. The molecule has 2 N–H and O–H groups in total. The predicted octanol–water partition coefficient (Wildman–Crippen LogP) is 1.13. The Morgan fingerprint density at radius 3 is 2.67 bits per heavy atom. The number of hydrogen-bond acceptors (Lipinski definition) is 5. The van der Waals surface area contributed by atoms with E-state index in [-0.39, 0.29) is 17.4 Å². The van der Waals surface area contributed by atoms with Crippen LogP contribution in [0, 0.1) is 6.92 Å². The van der Waals surface area contributed by atoms with Crippen LogP contribution in [-0.2, 0) is 4.79 Å². The minimum absolute atomic E-state index is 0.0881. The van der Waals surface area contributed by atoms with Crippen LogP contribution >= 0.6 is 0 Å². The molecular weight excluding hydrogens is 308 g/mol. The Morgan fingerprint density at radius 1 is 1.17 bits per heavy atom. The van der Waals surface area contributed by atoms with Crippen molar-refractivity contribution in [2.45, 2.75) is 19.3 Å². The molecule has 3 aromatic rings. The van der Waals surface area contributed by atoms with Crippen LogP contribution in [0.3, 0.4) is 0 Å². The Balaban J connectivity index is 1.89. The molecule has 0 unspecified atom stereocenters. The number of rotatable bonds is 2.